The Morgan fingerprint density at radius 3 is 2.69 bits per heavy atom. The minimum Gasteiger partial charge on any atom is -0.491 e. The molecule has 0 spiro atoms. The van der Waals surface area contributed by atoms with E-state index in [0.29, 0.717) is 43.3 Å². The molecule has 156 valence electrons. The highest BCUT2D eigenvalue weighted by molar-refractivity contribution is 5.94. The zero-order valence-corrected chi connectivity index (χ0v) is 16.7. The van der Waals surface area contributed by atoms with E-state index in [1.807, 2.05) is 24.8 Å². The predicted molar refractivity (Wildman–Crippen MR) is 109 cm³/mol. The van der Waals surface area contributed by atoms with Gasteiger partial charge in [-0.1, -0.05) is 12.1 Å². The quantitative estimate of drug-likeness (QED) is 0.745. The second kappa shape index (κ2) is 9.71. The first-order valence-corrected chi connectivity index (χ1v) is 9.79. The Kier molecular flexibility index (Phi) is 7.06. The van der Waals surface area contributed by atoms with Gasteiger partial charge in [-0.25, -0.2) is 4.39 Å². The maximum atomic E-state index is 14.5. The lowest BCUT2D eigenvalue weighted by Crippen LogP contribution is -2.36. The van der Waals surface area contributed by atoms with E-state index in [9.17, 15) is 14.3 Å². The molecule has 3 rings (SSSR count). The van der Waals surface area contributed by atoms with Crippen molar-refractivity contribution in [2.75, 3.05) is 37.7 Å². The van der Waals surface area contributed by atoms with Crippen LogP contribution < -0.4 is 15.0 Å². The maximum absolute atomic E-state index is 14.5. The number of benzene rings is 2. The zero-order valence-electron chi connectivity index (χ0n) is 16.7. The van der Waals surface area contributed by atoms with E-state index in [2.05, 4.69) is 5.32 Å². The lowest BCUT2D eigenvalue weighted by Gasteiger charge is -2.29. The van der Waals surface area contributed by atoms with Crippen LogP contribution in [0, 0.1) is 5.82 Å². The molecule has 7 heteroatoms. The highest BCUT2D eigenvalue weighted by atomic mass is 19.1. The summed E-state index contributed by atoms with van der Waals surface area (Å²) in [5.74, 6) is -0.228. The van der Waals surface area contributed by atoms with Crippen LogP contribution in [-0.4, -0.2) is 50.0 Å². The third kappa shape index (κ3) is 5.68. The summed E-state index contributed by atoms with van der Waals surface area (Å²) in [5.41, 5.74) is 1.31. The lowest BCUT2D eigenvalue weighted by molar-refractivity contribution is 0.0915. The van der Waals surface area contributed by atoms with Crippen LogP contribution in [0.3, 0.4) is 0 Å². The predicted octanol–water partition coefficient (Wildman–Crippen LogP) is 2.91. The number of aliphatic hydroxyl groups is 1. The molecule has 1 heterocycles. The Hall–Kier alpha value is -2.64. The van der Waals surface area contributed by atoms with Crippen LogP contribution in [0.4, 0.5) is 10.1 Å². The summed E-state index contributed by atoms with van der Waals surface area (Å²) in [4.78, 5) is 14.3. The SMILES string of the molecule is CC(C)Oc1cccc(C(O)CNC(=O)c2ccc(N3CCOCC3)c(F)c2)c1. The first-order chi connectivity index (χ1) is 13.9. The van der Waals surface area contributed by atoms with Crippen LogP contribution in [-0.2, 0) is 4.74 Å². The normalized spacial score (nSPS) is 15.3. The summed E-state index contributed by atoms with van der Waals surface area (Å²) in [6.07, 6.45) is -0.871. The fraction of sp³-hybridized carbons (Fsp3) is 0.409. The van der Waals surface area contributed by atoms with Crippen LogP contribution in [0.1, 0.15) is 35.9 Å². The Balaban J connectivity index is 1.59. The molecule has 1 unspecified atom stereocenters. The van der Waals surface area contributed by atoms with Crippen LogP contribution >= 0.6 is 0 Å². The van der Waals surface area contributed by atoms with E-state index in [0.717, 1.165) is 0 Å². The second-order valence-corrected chi connectivity index (χ2v) is 7.23. The van der Waals surface area contributed by atoms with Crippen LogP contribution in [0.5, 0.6) is 5.75 Å². The summed E-state index contributed by atoms with van der Waals surface area (Å²) >= 11 is 0. The molecule has 1 saturated heterocycles. The molecule has 2 aromatic rings. The summed E-state index contributed by atoms with van der Waals surface area (Å²) in [6.45, 7) is 6.21. The molecular weight excluding hydrogens is 375 g/mol. The first kappa shape index (κ1) is 21.1. The summed E-state index contributed by atoms with van der Waals surface area (Å²) < 4.78 is 25.4. The number of carbonyl (C=O) groups is 1. The number of hydrogen-bond acceptors (Lipinski definition) is 5. The van der Waals surface area contributed by atoms with E-state index >= 15 is 0 Å². The van der Waals surface area contributed by atoms with Gasteiger partial charge in [0.25, 0.3) is 5.91 Å². The number of halogens is 1. The number of nitrogens with zero attached hydrogens (tertiary/aromatic N) is 1. The Morgan fingerprint density at radius 2 is 2.00 bits per heavy atom. The molecular formula is C22H27FN2O4. The minimum atomic E-state index is -0.896. The number of nitrogens with one attached hydrogen (secondary N) is 1. The third-order valence-corrected chi connectivity index (χ3v) is 4.63. The molecule has 0 aliphatic carbocycles. The van der Waals surface area contributed by atoms with Crippen molar-refractivity contribution in [1.82, 2.24) is 5.32 Å². The van der Waals surface area contributed by atoms with Gasteiger partial charge in [0, 0.05) is 25.2 Å². The van der Waals surface area contributed by atoms with Gasteiger partial charge in [-0.05, 0) is 49.7 Å². The van der Waals surface area contributed by atoms with E-state index < -0.39 is 17.8 Å². The van der Waals surface area contributed by atoms with Crippen molar-refractivity contribution in [3.8, 4) is 5.75 Å². The monoisotopic (exact) mass is 402 g/mol. The molecule has 1 atom stereocenters. The highest BCUT2D eigenvalue weighted by Crippen LogP contribution is 2.22. The standard InChI is InChI=1S/C22H27FN2O4/c1-15(2)29-18-5-3-4-16(12-18)21(26)14-24-22(27)17-6-7-20(19(23)13-17)25-8-10-28-11-9-25/h3-7,12-13,15,21,26H,8-11,14H2,1-2H3,(H,24,27). The van der Waals surface area contributed by atoms with Crippen molar-refractivity contribution in [2.45, 2.75) is 26.1 Å². The van der Waals surface area contributed by atoms with E-state index in [1.165, 1.54) is 6.07 Å². The van der Waals surface area contributed by atoms with Crippen molar-refractivity contribution < 1.29 is 23.8 Å². The molecule has 2 N–H and O–H groups in total. The number of carbonyl (C=O) groups excluding carboxylic acids is 1. The molecule has 0 aromatic heterocycles. The number of rotatable bonds is 7. The largest absolute Gasteiger partial charge is 0.491 e. The number of hydrogen-bond donors (Lipinski definition) is 2. The first-order valence-electron chi connectivity index (χ1n) is 9.79. The molecule has 2 aromatic carbocycles. The van der Waals surface area contributed by atoms with Gasteiger partial charge in [-0.3, -0.25) is 4.79 Å². The number of ether oxygens (including phenoxy) is 2. The molecule has 1 fully saturated rings. The highest BCUT2D eigenvalue weighted by Gasteiger charge is 2.18. The summed E-state index contributed by atoms with van der Waals surface area (Å²) in [6, 6.07) is 11.5. The molecule has 1 aliphatic heterocycles. The van der Waals surface area contributed by atoms with Crippen molar-refractivity contribution in [3.05, 3.63) is 59.4 Å². The van der Waals surface area contributed by atoms with Crippen molar-refractivity contribution in [2.24, 2.45) is 0 Å². The van der Waals surface area contributed by atoms with Gasteiger partial charge in [-0.2, -0.15) is 0 Å². The van der Waals surface area contributed by atoms with E-state index in [4.69, 9.17) is 9.47 Å². The van der Waals surface area contributed by atoms with Crippen molar-refractivity contribution in [3.63, 3.8) is 0 Å². The lowest BCUT2D eigenvalue weighted by atomic mass is 10.1. The van der Waals surface area contributed by atoms with Crippen molar-refractivity contribution >= 4 is 11.6 Å². The molecule has 6 nitrogen and oxygen atoms in total. The number of anilines is 1. The van der Waals surface area contributed by atoms with E-state index in [-0.39, 0.29) is 18.2 Å². The molecule has 0 bridgehead atoms. The fourth-order valence-electron chi connectivity index (χ4n) is 3.19. The molecule has 29 heavy (non-hydrogen) atoms. The Morgan fingerprint density at radius 1 is 1.24 bits per heavy atom. The van der Waals surface area contributed by atoms with Gasteiger partial charge in [-0.15, -0.1) is 0 Å². The Labute approximate surface area is 170 Å². The molecule has 1 aliphatic rings. The van der Waals surface area contributed by atoms with Gasteiger partial charge >= 0.3 is 0 Å². The van der Waals surface area contributed by atoms with E-state index in [1.54, 1.807) is 30.3 Å². The van der Waals surface area contributed by atoms with Crippen LogP contribution in [0.25, 0.3) is 0 Å². The van der Waals surface area contributed by atoms with Crippen LogP contribution in [0.2, 0.25) is 0 Å². The molecule has 0 radical (unpaired) electrons. The zero-order chi connectivity index (χ0) is 20.8. The molecule has 0 saturated carbocycles. The van der Waals surface area contributed by atoms with Crippen molar-refractivity contribution in [1.29, 1.82) is 0 Å². The number of aliphatic hydroxyl groups excluding tert-OH is 1. The average Bonchev–Trinajstić information content (AvgIpc) is 2.72. The smallest absolute Gasteiger partial charge is 0.251 e. The third-order valence-electron chi connectivity index (χ3n) is 4.63. The second-order valence-electron chi connectivity index (χ2n) is 7.23. The van der Waals surface area contributed by atoms with Gasteiger partial charge in [0.15, 0.2) is 0 Å². The minimum absolute atomic E-state index is 0.0107. The van der Waals surface area contributed by atoms with Gasteiger partial charge < -0.3 is 24.8 Å². The maximum Gasteiger partial charge on any atom is 0.251 e. The number of amides is 1. The van der Waals surface area contributed by atoms with Gasteiger partial charge in [0.1, 0.15) is 11.6 Å². The Bertz CT molecular complexity index is 837. The van der Waals surface area contributed by atoms with Crippen LogP contribution in [0.15, 0.2) is 42.5 Å². The summed E-state index contributed by atoms with van der Waals surface area (Å²) in [7, 11) is 0. The summed E-state index contributed by atoms with van der Waals surface area (Å²) in [5, 5.41) is 13.0. The topological polar surface area (TPSA) is 71.0 Å². The van der Waals surface area contributed by atoms with Gasteiger partial charge in [0.2, 0.25) is 0 Å². The average molecular weight is 402 g/mol. The molecule has 1 amide bonds. The fourth-order valence-corrected chi connectivity index (χ4v) is 3.19. The number of morpholine rings is 1. The van der Waals surface area contributed by atoms with Gasteiger partial charge in [0.05, 0.1) is 31.1 Å².